The SMILES string of the molecule is CC[C@H](CN(O)C=O)C(=O)O. The van der Waals surface area contributed by atoms with E-state index in [9.17, 15) is 9.59 Å². The molecule has 0 saturated carbocycles. The van der Waals surface area contributed by atoms with Gasteiger partial charge in [0, 0.05) is 0 Å². The standard InChI is InChI=1S/C6H11NO4/c1-2-5(6(9)10)3-7(11)4-8/h4-5,11H,2-3H2,1H3,(H,9,10)/t5-/m1/s1. The maximum absolute atomic E-state index is 10.3. The first kappa shape index (κ1) is 9.90. The quantitative estimate of drug-likeness (QED) is 0.336. The average Bonchev–Trinajstić information content (AvgIpc) is 1.99. The van der Waals surface area contributed by atoms with Crippen LogP contribution >= 0.6 is 0 Å². The Morgan fingerprint density at radius 1 is 1.73 bits per heavy atom. The highest BCUT2D eigenvalue weighted by molar-refractivity contribution is 5.70. The van der Waals surface area contributed by atoms with E-state index >= 15 is 0 Å². The highest BCUT2D eigenvalue weighted by Crippen LogP contribution is 2.02. The van der Waals surface area contributed by atoms with Crippen molar-refractivity contribution in [2.45, 2.75) is 13.3 Å². The lowest BCUT2D eigenvalue weighted by Gasteiger charge is -2.13. The molecule has 11 heavy (non-hydrogen) atoms. The van der Waals surface area contributed by atoms with Crippen LogP contribution in [0.3, 0.4) is 0 Å². The first-order valence-corrected chi connectivity index (χ1v) is 3.25. The van der Waals surface area contributed by atoms with Crippen LogP contribution in [-0.4, -0.2) is 34.3 Å². The molecule has 0 bridgehead atoms. The van der Waals surface area contributed by atoms with Crippen molar-refractivity contribution in [3.05, 3.63) is 0 Å². The first-order valence-electron chi connectivity index (χ1n) is 3.25. The fraction of sp³-hybridized carbons (Fsp3) is 0.667. The Morgan fingerprint density at radius 3 is 2.55 bits per heavy atom. The summed E-state index contributed by atoms with van der Waals surface area (Å²) in [4.78, 5) is 20.2. The molecule has 0 unspecified atom stereocenters. The van der Waals surface area contributed by atoms with Gasteiger partial charge >= 0.3 is 5.97 Å². The van der Waals surface area contributed by atoms with E-state index in [1.165, 1.54) is 0 Å². The molecule has 0 aliphatic rings. The van der Waals surface area contributed by atoms with Gasteiger partial charge in [-0.3, -0.25) is 14.8 Å². The Bertz CT molecular complexity index is 148. The first-order chi connectivity index (χ1) is 5.11. The monoisotopic (exact) mass is 161 g/mol. The highest BCUT2D eigenvalue weighted by Gasteiger charge is 2.17. The zero-order valence-electron chi connectivity index (χ0n) is 6.23. The number of carboxylic acids is 1. The molecule has 0 spiro atoms. The Balaban J connectivity index is 3.87. The minimum atomic E-state index is -1.01. The number of nitrogens with zero attached hydrogens (tertiary/aromatic N) is 1. The summed E-state index contributed by atoms with van der Waals surface area (Å²) < 4.78 is 0. The third kappa shape index (κ3) is 3.57. The van der Waals surface area contributed by atoms with E-state index in [1.807, 2.05) is 0 Å². The lowest BCUT2D eigenvalue weighted by atomic mass is 10.1. The number of carbonyl (C=O) groups excluding carboxylic acids is 1. The maximum atomic E-state index is 10.3. The van der Waals surface area contributed by atoms with Crippen LogP contribution in [-0.2, 0) is 9.59 Å². The number of hydroxylamine groups is 2. The Morgan fingerprint density at radius 2 is 2.27 bits per heavy atom. The van der Waals surface area contributed by atoms with Crippen LogP contribution in [0.5, 0.6) is 0 Å². The van der Waals surface area contributed by atoms with Gasteiger partial charge in [-0.15, -0.1) is 0 Å². The normalized spacial score (nSPS) is 12.2. The number of amides is 1. The molecule has 1 amide bonds. The molecule has 0 aromatic heterocycles. The van der Waals surface area contributed by atoms with Gasteiger partial charge in [-0.25, -0.2) is 5.06 Å². The summed E-state index contributed by atoms with van der Waals surface area (Å²) in [7, 11) is 0. The van der Waals surface area contributed by atoms with Crippen LogP contribution in [0.2, 0.25) is 0 Å². The van der Waals surface area contributed by atoms with Gasteiger partial charge in [0.2, 0.25) is 6.41 Å². The molecule has 1 atom stereocenters. The second-order valence-electron chi connectivity index (χ2n) is 2.17. The molecular formula is C6H11NO4. The van der Waals surface area contributed by atoms with E-state index < -0.39 is 11.9 Å². The van der Waals surface area contributed by atoms with Crippen molar-refractivity contribution < 1.29 is 19.9 Å². The van der Waals surface area contributed by atoms with Crippen molar-refractivity contribution in [3.8, 4) is 0 Å². The number of rotatable bonds is 5. The minimum Gasteiger partial charge on any atom is -0.481 e. The van der Waals surface area contributed by atoms with Crippen molar-refractivity contribution in [3.63, 3.8) is 0 Å². The van der Waals surface area contributed by atoms with Gasteiger partial charge in [0.05, 0.1) is 12.5 Å². The topological polar surface area (TPSA) is 77.8 Å². The summed E-state index contributed by atoms with van der Waals surface area (Å²) in [5.74, 6) is -1.70. The second-order valence-corrected chi connectivity index (χ2v) is 2.17. The fourth-order valence-electron chi connectivity index (χ4n) is 0.651. The van der Waals surface area contributed by atoms with E-state index in [1.54, 1.807) is 6.92 Å². The highest BCUT2D eigenvalue weighted by atomic mass is 16.5. The molecule has 5 nitrogen and oxygen atoms in total. The van der Waals surface area contributed by atoms with E-state index in [-0.39, 0.29) is 13.0 Å². The molecule has 5 heteroatoms. The van der Waals surface area contributed by atoms with E-state index in [0.29, 0.717) is 11.5 Å². The van der Waals surface area contributed by atoms with Crippen LogP contribution in [0.1, 0.15) is 13.3 Å². The van der Waals surface area contributed by atoms with Gasteiger partial charge in [-0.2, -0.15) is 0 Å². The minimum absolute atomic E-state index is 0.157. The van der Waals surface area contributed by atoms with Crippen molar-refractivity contribution in [2.75, 3.05) is 6.54 Å². The lowest BCUT2D eigenvalue weighted by Crippen LogP contribution is -2.29. The van der Waals surface area contributed by atoms with Gasteiger partial charge < -0.3 is 5.11 Å². The van der Waals surface area contributed by atoms with Crippen molar-refractivity contribution in [2.24, 2.45) is 5.92 Å². The maximum Gasteiger partial charge on any atom is 0.308 e. The molecule has 0 aliphatic heterocycles. The summed E-state index contributed by atoms with van der Waals surface area (Å²) in [5, 5.41) is 17.4. The molecule has 0 aromatic carbocycles. The molecule has 2 N–H and O–H groups in total. The van der Waals surface area contributed by atoms with Crippen LogP contribution < -0.4 is 0 Å². The smallest absolute Gasteiger partial charge is 0.308 e. The van der Waals surface area contributed by atoms with Crippen LogP contribution in [0.4, 0.5) is 0 Å². The Hall–Kier alpha value is -1.10. The number of carbonyl (C=O) groups is 2. The van der Waals surface area contributed by atoms with Gasteiger partial charge in [-0.1, -0.05) is 6.92 Å². The molecule has 0 heterocycles. The summed E-state index contributed by atoms with van der Waals surface area (Å²) in [6.07, 6.45) is 0.575. The van der Waals surface area contributed by atoms with E-state index in [4.69, 9.17) is 10.3 Å². The Labute approximate surface area is 64.2 Å². The summed E-state index contributed by atoms with van der Waals surface area (Å²) in [5.41, 5.74) is 0. The van der Waals surface area contributed by atoms with Crippen LogP contribution in [0.15, 0.2) is 0 Å². The summed E-state index contributed by atoms with van der Waals surface area (Å²) in [6, 6.07) is 0. The Kier molecular flexibility index (Phi) is 4.21. The zero-order valence-corrected chi connectivity index (χ0v) is 6.23. The van der Waals surface area contributed by atoms with Crippen LogP contribution in [0, 0.1) is 5.92 Å². The average molecular weight is 161 g/mol. The molecule has 0 rings (SSSR count). The molecule has 0 fully saturated rings. The third-order valence-electron chi connectivity index (χ3n) is 1.37. The molecule has 64 valence electrons. The van der Waals surface area contributed by atoms with Gasteiger partial charge in [0.15, 0.2) is 0 Å². The second kappa shape index (κ2) is 4.68. The van der Waals surface area contributed by atoms with Gasteiger partial charge in [-0.05, 0) is 6.42 Å². The molecule has 0 saturated heterocycles. The molecule has 0 aliphatic carbocycles. The number of hydrogen-bond donors (Lipinski definition) is 2. The summed E-state index contributed by atoms with van der Waals surface area (Å²) in [6.45, 7) is 1.52. The van der Waals surface area contributed by atoms with Crippen molar-refractivity contribution in [1.29, 1.82) is 0 Å². The van der Waals surface area contributed by atoms with E-state index in [2.05, 4.69) is 0 Å². The number of aliphatic carboxylic acids is 1. The number of carboxylic acid groups (broad SMARTS) is 1. The zero-order chi connectivity index (χ0) is 8.85. The molecule has 0 aromatic rings. The van der Waals surface area contributed by atoms with E-state index in [0.717, 1.165) is 0 Å². The van der Waals surface area contributed by atoms with Crippen molar-refractivity contribution in [1.82, 2.24) is 5.06 Å². The van der Waals surface area contributed by atoms with Gasteiger partial charge in [0.1, 0.15) is 0 Å². The largest absolute Gasteiger partial charge is 0.481 e. The molecule has 0 radical (unpaired) electrons. The van der Waals surface area contributed by atoms with Crippen molar-refractivity contribution >= 4 is 12.4 Å². The van der Waals surface area contributed by atoms with Gasteiger partial charge in [0.25, 0.3) is 0 Å². The predicted octanol–water partition coefficient (Wildman–Crippen LogP) is -0.0552. The third-order valence-corrected chi connectivity index (χ3v) is 1.37. The lowest BCUT2D eigenvalue weighted by molar-refractivity contribution is -0.158. The predicted molar refractivity (Wildman–Crippen MR) is 36.0 cm³/mol. The fourth-order valence-corrected chi connectivity index (χ4v) is 0.651. The molecular weight excluding hydrogens is 150 g/mol. The van der Waals surface area contributed by atoms with Crippen LogP contribution in [0.25, 0.3) is 0 Å². The number of hydrogen-bond acceptors (Lipinski definition) is 3. The summed E-state index contributed by atoms with van der Waals surface area (Å²) >= 11 is 0.